The molecule has 1 aromatic heterocycles. The van der Waals surface area contributed by atoms with Crippen molar-refractivity contribution in [2.75, 3.05) is 44.2 Å². The largest absolute Gasteiger partial charge is 0.421 e. The Bertz CT molecular complexity index is 1130. The zero-order chi connectivity index (χ0) is 25.4. The SMILES string of the molecule is CC(O)(c1ccc(N2CCN(S(=O)(=O)c3cccs3)CC2CN2CCC(=O)CC2)cc1)C(F)(F)F. The van der Waals surface area contributed by atoms with Crippen LogP contribution in [0.2, 0.25) is 0 Å². The first-order chi connectivity index (χ1) is 16.4. The van der Waals surface area contributed by atoms with Crippen molar-refractivity contribution in [2.24, 2.45) is 0 Å². The maximum atomic E-state index is 13.2. The van der Waals surface area contributed by atoms with Crippen LogP contribution < -0.4 is 4.90 Å². The molecule has 2 unspecified atom stereocenters. The Labute approximate surface area is 206 Å². The van der Waals surface area contributed by atoms with Gasteiger partial charge in [0.1, 0.15) is 9.99 Å². The van der Waals surface area contributed by atoms with Crippen molar-refractivity contribution in [3.63, 3.8) is 0 Å². The number of thiophene rings is 1. The summed E-state index contributed by atoms with van der Waals surface area (Å²) in [6, 6.07) is 8.58. The monoisotopic (exact) mass is 531 g/mol. The Morgan fingerprint density at radius 1 is 1.06 bits per heavy atom. The van der Waals surface area contributed by atoms with Crippen molar-refractivity contribution in [3.8, 4) is 0 Å². The van der Waals surface area contributed by atoms with E-state index in [9.17, 15) is 31.5 Å². The first-order valence-corrected chi connectivity index (χ1v) is 13.7. The number of carbonyl (C=O) groups is 1. The predicted octanol–water partition coefficient (Wildman–Crippen LogP) is 3.06. The van der Waals surface area contributed by atoms with Crippen molar-refractivity contribution in [1.82, 2.24) is 9.21 Å². The topological polar surface area (TPSA) is 81.2 Å². The molecule has 1 aromatic carbocycles. The predicted molar refractivity (Wildman–Crippen MR) is 127 cm³/mol. The van der Waals surface area contributed by atoms with Crippen LogP contribution in [0.1, 0.15) is 25.3 Å². The van der Waals surface area contributed by atoms with Gasteiger partial charge in [-0.25, -0.2) is 8.42 Å². The maximum absolute atomic E-state index is 13.2. The molecule has 4 rings (SSSR count). The number of anilines is 1. The summed E-state index contributed by atoms with van der Waals surface area (Å²) < 4.78 is 67.8. The molecule has 0 aliphatic carbocycles. The molecule has 2 aliphatic rings. The minimum atomic E-state index is -4.81. The van der Waals surface area contributed by atoms with Crippen molar-refractivity contribution in [3.05, 3.63) is 47.3 Å². The number of sulfonamides is 1. The van der Waals surface area contributed by atoms with Gasteiger partial charge in [-0.3, -0.25) is 4.79 Å². The molecule has 0 radical (unpaired) electrons. The smallest absolute Gasteiger partial charge is 0.376 e. The summed E-state index contributed by atoms with van der Waals surface area (Å²) >= 11 is 1.16. The number of hydrogen-bond donors (Lipinski definition) is 1. The molecule has 0 spiro atoms. The standard InChI is InChI=1S/C23H28F3N3O4S2/c1-22(31,23(24,25)26)17-4-6-18(7-5-17)29-13-12-28(35(32,33)21-3-2-14-34-21)16-19(29)15-27-10-8-20(30)9-11-27/h2-7,14,19,31H,8-13,15-16H2,1H3. The molecular weight excluding hydrogens is 503 g/mol. The molecule has 7 nitrogen and oxygen atoms in total. The Morgan fingerprint density at radius 2 is 1.71 bits per heavy atom. The Kier molecular flexibility index (Phi) is 7.31. The third-order valence-corrected chi connectivity index (χ3v) is 9.97. The highest BCUT2D eigenvalue weighted by Crippen LogP contribution is 2.39. The molecule has 2 atom stereocenters. The molecule has 0 bridgehead atoms. The van der Waals surface area contributed by atoms with Gasteiger partial charge in [-0.05, 0) is 36.1 Å². The van der Waals surface area contributed by atoms with Crippen LogP contribution in [0, 0.1) is 0 Å². The summed E-state index contributed by atoms with van der Waals surface area (Å²) in [5.41, 5.74) is -2.59. The summed E-state index contributed by atoms with van der Waals surface area (Å²) in [5, 5.41) is 11.7. The summed E-state index contributed by atoms with van der Waals surface area (Å²) in [4.78, 5) is 15.8. The van der Waals surface area contributed by atoms with Crippen LogP contribution in [-0.2, 0) is 20.4 Å². The summed E-state index contributed by atoms with van der Waals surface area (Å²) in [7, 11) is -3.65. The number of benzene rings is 1. The summed E-state index contributed by atoms with van der Waals surface area (Å²) in [6.45, 7) is 3.23. The van der Waals surface area contributed by atoms with Gasteiger partial charge < -0.3 is 14.9 Å². The minimum absolute atomic E-state index is 0.205. The average molecular weight is 532 g/mol. The first-order valence-electron chi connectivity index (χ1n) is 11.3. The van der Waals surface area contributed by atoms with Crippen LogP contribution in [0.5, 0.6) is 0 Å². The lowest BCUT2D eigenvalue weighted by Gasteiger charge is -2.44. The Hall–Kier alpha value is -1.99. The van der Waals surface area contributed by atoms with Gasteiger partial charge in [0.15, 0.2) is 5.60 Å². The van der Waals surface area contributed by atoms with Crippen LogP contribution >= 0.6 is 11.3 Å². The Balaban J connectivity index is 1.58. The molecule has 2 fully saturated rings. The fraction of sp³-hybridized carbons (Fsp3) is 0.522. The number of aliphatic hydroxyl groups is 1. The molecule has 0 saturated carbocycles. The van der Waals surface area contributed by atoms with Crippen molar-refractivity contribution >= 4 is 32.8 Å². The van der Waals surface area contributed by atoms with E-state index in [1.807, 2.05) is 4.90 Å². The zero-order valence-electron chi connectivity index (χ0n) is 19.2. The number of halogens is 3. The van der Waals surface area contributed by atoms with E-state index < -0.39 is 21.8 Å². The number of nitrogens with zero attached hydrogens (tertiary/aromatic N) is 3. The molecule has 192 valence electrons. The molecule has 12 heteroatoms. The fourth-order valence-corrected chi connectivity index (χ4v) is 7.12. The number of rotatable bonds is 6. The Morgan fingerprint density at radius 3 is 2.29 bits per heavy atom. The molecule has 2 saturated heterocycles. The molecular formula is C23H28F3N3O4S2. The van der Waals surface area contributed by atoms with Gasteiger partial charge in [0, 0.05) is 57.8 Å². The van der Waals surface area contributed by atoms with E-state index in [1.165, 1.54) is 28.6 Å². The lowest BCUT2D eigenvalue weighted by Crippen LogP contribution is -2.58. The fourth-order valence-electron chi connectivity index (χ4n) is 4.50. The van der Waals surface area contributed by atoms with Crippen LogP contribution in [0.3, 0.4) is 0 Å². The minimum Gasteiger partial charge on any atom is -0.376 e. The van der Waals surface area contributed by atoms with Gasteiger partial charge in [-0.2, -0.15) is 17.5 Å². The number of piperazine rings is 1. The van der Waals surface area contributed by atoms with Crippen molar-refractivity contribution in [1.29, 1.82) is 0 Å². The number of likely N-dealkylation sites (tertiary alicyclic amines) is 1. The number of hydrogen-bond acceptors (Lipinski definition) is 7. The van der Waals surface area contributed by atoms with Gasteiger partial charge >= 0.3 is 6.18 Å². The third kappa shape index (κ3) is 5.41. The quantitative estimate of drug-likeness (QED) is 0.617. The van der Waals surface area contributed by atoms with Gasteiger partial charge in [0.25, 0.3) is 10.0 Å². The number of carbonyl (C=O) groups excluding carboxylic acids is 1. The van der Waals surface area contributed by atoms with Crippen LogP contribution in [-0.4, -0.2) is 80.0 Å². The number of alkyl halides is 3. The summed E-state index contributed by atoms with van der Waals surface area (Å²) in [5.74, 6) is 0.205. The molecule has 35 heavy (non-hydrogen) atoms. The highest BCUT2D eigenvalue weighted by atomic mass is 32.2. The highest BCUT2D eigenvalue weighted by molar-refractivity contribution is 7.91. The third-order valence-electron chi connectivity index (χ3n) is 6.73. The average Bonchev–Trinajstić information content (AvgIpc) is 3.36. The van der Waals surface area contributed by atoms with Crippen LogP contribution in [0.15, 0.2) is 46.0 Å². The van der Waals surface area contributed by atoms with E-state index in [1.54, 1.807) is 17.5 Å². The summed E-state index contributed by atoms with van der Waals surface area (Å²) in [6.07, 6.45) is -3.92. The van der Waals surface area contributed by atoms with Gasteiger partial charge in [-0.1, -0.05) is 18.2 Å². The molecule has 0 amide bonds. The normalized spacial score (nSPS) is 22.8. The lowest BCUT2D eigenvalue weighted by atomic mass is 9.95. The molecule has 3 heterocycles. The van der Waals surface area contributed by atoms with E-state index in [0.717, 1.165) is 18.3 Å². The van der Waals surface area contributed by atoms with Gasteiger partial charge in [0.05, 0.1) is 6.04 Å². The van der Waals surface area contributed by atoms with Crippen molar-refractivity contribution < 1.29 is 31.5 Å². The second-order valence-corrected chi connectivity index (χ2v) is 12.2. The van der Waals surface area contributed by atoms with E-state index in [4.69, 9.17) is 0 Å². The van der Waals surface area contributed by atoms with Crippen LogP contribution in [0.25, 0.3) is 0 Å². The second-order valence-electron chi connectivity index (χ2n) is 9.10. The van der Waals surface area contributed by atoms with E-state index >= 15 is 0 Å². The van der Waals surface area contributed by atoms with Gasteiger partial charge in [-0.15, -0.1) is 11.3 Å². The van der Waals surface area contributed by atoms with Crippen LogP contribution in [0.4, 0.5) is 18.9 Å². The van der Waals surface area contributed by atoms with E-state index in [0.29, 0.717) is 44.7 Å². The lowest BCUT2D eigenvalue weighted by molar-refractivity contribution is -0.258. The highest BCUT2D eigenvalue weighted by Gasteiger charge is 2.51. The zero-order valence-corrected chi connectivity index (χ0v) is 20.9. The molecule has 1 N–H and O–H groups in total. The van der Waals surface area contributed by atoms with Gasteiger partial charge in [0.2, 0.25) is 0 Å². The van der Waals surface area contributed by atoms with E-state index in [2.05, 4.69) is 4.90 Å². The molecule has 2 aromatic rings. The second kappa shape index (κ2) is 9.81. The first kappa shape index (κ1) is 26.1. The van der Waals surface area contributed by atoms with E-state index in [-0.39, 0.29) is 34.7 Å². The van der Waals surface area contributed by atoms with Crippen molar-refractivity contribution in [2.45, 2.75) is 41.8 Å². The number of Topliss-reactive ketones (excluding diaryl/α,β-unsaturated/α-hetero) is 1. The molecule has 2 aliphatic heterocycles. The number of ketones is 1. The number of piperidine rings is 1. The maximum Gasteiger partial charge on any atom is 0.421 e.